The molecule has 0 aliphatic heterocycles. The predicted octanol–water partition coefficient (Wildman–Crippen LogP) is 3.95. The van der Waals surface area contributed by atoms with Gasteiger partial charge in [0, 0.05) is 18.5 Å². The first kappa shape index (κ1) is 15.1. The van der Waals surface area contributed by atoms with E-state index in [0.717, 1.165) is 18.2 Å². The van der Waals surface area contributed by atoms with E-state index in [-0.39, 0.29) is 5.41 Å². The molecule has 1 aliphatic carbocycles. The highest BCUT2D eigenvalue weighted by molar-refractivity contribution is 5.45. The van der Waals surface area contributed by atoms with Crippen LogP contribution in [0.2, 0.25) is 0 Å². The lowest BCUT2D eigenvalue weighted by atomic mass is 9.87. The molecule has 0 unspecified atom stereocenters. The van der Waals surface area contributed by atoms with E-state index >= 15 is 0 Å². The largest absolute Gasteiger partial charge is 0.384 e. The molecule has 0 atom stereocenters. The third kappa shape index (κ3) is 4.66. The molecule has 2 rings (SSSR count). The summed E-state index contributed by atoms with van der Waals surface area (Å²) in [6.07, 6.45) is 7.53. The van der Waals surface area contributed by atoms with Crippen LogP contribution in [0.1, 0.15) is 71.0 Å². The fourth-order valence-electron chi connectivity index (χ4n) is 2.37. The second-order valence-corrected chi connectivity index (χ2v) is 6.79. The van der Waals surface area contributed by atoms with Crippen molar-refractivity contribution in [2.24, 2.45) is 5.41 Å². The Morgan fingerprint density at radius 3 is 2.70 bits per heavy atom. The van der Waals surface area contributed by atoms with Gasteiger partial charge < -0.3 is 11.1 Å². The monoisotopic (exact) mass is 276 g/mol. The van der Waals surface area contributed by atoms with Crippen LogP contribution in [0.15, 0.2) is 6.07 Å². The molecule has 4 nitrogen and oxygen atoms in total. The maximum atomic E-state index is 5.87. The van der Waals surface area contributed by atoms with Gasteiger partial charge in [0.15, 0.2) is 0 Å². The molecule has 1 aromatic heterocycles. The van der Waals surface area contributed by atoms with Crippen molar-refractivity contribution in [1.29, 1.82) is 0 Å². The quantitative estimate of drug-likeness (QED) is 0.706. The number of anilines is 2. The first-order valence-electron chi connectivity index (χ1n) is 7.88. The Hall–Kier alpha value is -1.32. The summed E-state index contributed by atoms with van der Waals surface area (Å²) in [4.78, 5) is 8.92. The molecule has 20 heavy (non-hydrogen) atoms. The Balaban J connectivity index is 1.89. The first-order chi connectivity index (χ1) is 9.50. The molecule has 1 heterocycles. The molecule has 0 bridgehead atoms. The predicted molar refractivity (Wildman–Crippen MR) is 84.8 cm³/mol. The molecule has 1 fully saturated rings. The number of rotatable bonds is 8. The average Bonchev–Trinajstić information content (AvgIpc) is 3.20. The van der Waals surface area contributed by atoms with Crippen molar-refractivity contribution >= 4 is 11.6 Å². The maximum absolute atomic E-state index is 5.87. The SMILES string of the molecule is CCCCCC(C)(C)CNc1cc(N)nc(C2CC2)n1. The summed E-state index contributed by atoms with van der Waals surface area (Å²) in [5.74, 6) is 2.91. The molecule has 3 N–H and O–H groups in total. The third-order valence-electron chi connectivity index (χ3n) is 3.91. The zero-order valence-corrected chi connectivity index (χ0v) is 13.1. The van der Waals surface area contributed by atoms with Crippen LogP contribution in [0, 0.1) is 5.41 Å². The van der Waals surface area contributed by atoms with Gasteiger partial charge in [0.2, 0.25) is 0 Å². The van der Waals surface area contributed by atoms with E-state index in [0.29, 0.717) is 11.7 Å². The van der Waals surface area contributed by atoms with Crippen molar-refractivity contribution in [3.05, 3.63) is 11.9 Å². The highest BCUT2D eigenvalue weighted by Gasteiger charge is 2.27. The zero-order valence-electron chi connectivity index (χ0n) is 13.1. The number of hydrogen-bond acceptors (Lipinski definition) is 4. The summed E-state index contributed by atoms with van der Waals surface area (Å²) in [7, 11) is 0. The third-order valence-corrected chi connectivity index (χ3v) is 3.91. The van der Waals surface area contributed by atoms with Gasteiger partial charge in [0.05, 0.1) is 0 Å². The lowest BCUT2D eigenvalue weighted by Gasteiger charge is -2.25. The van der Waals surface area contributed by atoms with Crippen LogP contribution in [0.4, 0.5) is 11.6 Å². The van der Waals surface area contributed by atoms with Crippen LogP contribution in [-0.2, 0) is 0 Å². The van der Waals surface area contributed by atoms with Gasteiger partial charge in [-0.3, -0.25) is 0 Å². The minimum Gasteiger partial charge on any atom is -0.384 e. The van der Waals surface area contributed by atoms with Crippen molar-refractivity contribution in [1.82, 2.24) is 9.97 Å². The van der Waals surface area contributed by atoms with Gasteiger partial charge in [0.1, 0.15) is 17.5 Å². The van der Waals surface area contributed by atoms with E-state index in [4.69, 9.17) is 5.73 Å². The Bertz CT molecular complexity index is 438. The van der Waals surface area contributed by atoms with E-state index in [2.05, 4.69) is 36.1 Å². The van der Waals surface area contributed by atoms with Gasteiger partial charge in [-0.05, 0) is 24.7 Å². The standard InChI is InChI=1S/C16H28N4/c1-4-5-6-9-16(2,3)11-18-14-10-13(17)19-15(20-14)12-7-8-12/h10,12H,4-9,11H2,1-3H3,(H3,17,18,19,20). The number of nitrogens with zero attached hydrogens (tertiary/aromatic N) is 2. The van der Waals surface area contributed by atoms with Crippen molar-refractivity contribution in [2.75, 3.05) is 17.6 Å². The molecule has 0 amide bonds. The molecule has 1 saturated carbocycles. The van der Waals surface area contributed by atoms with Crippen LogP contribution < -0.4 is 11.1 Å². The molecule has 1 aliphatic rings. The molecular weight excluding hydrogens is 248 g/mol. The van der Waals surface area contributed by atoms with Gasteiger partial charge in [-0.2, -0.15) is 0 Å². The normalized spacial score (nSPS) is 15.3. The van der Waals surface area contributed by atoms with E-state index in [1.165, 1.54) is 38.5 Å². The summed E-state index contributed by atoms with van der Waals surface area (Å²) in [6.45, 7) is 7.79. The van der Waals surface area contributed by atoms with Crippen molar-refractivity contribution in [2.45, 2.75) is 65.2 Å². The number of nitrogens with two attached hydrogens (primary N) is 1. The van der Waals surface area contributed by atoms with Crippen LogP contribution in [0.25, 0.3) is 0 Å². The topological polar surface area (TPSA) is 63.8 Å². The molecule has 0 saturated heterocycles. The van der Waals surface area contributed by atoms with E-state index in [1.54, 1.807) is 0 Å². The van der Waals surface area contributed by atoms with E-state index in [9.17, 15) is 0 Å². The smallest absolute Gasteiger partial charge is 0.136 e. The number of nitrogens with one attached hydrogen (secondary N) is 1. The summed E-state index contributed by atoms with van der Waals surface area (Å²) < 4.78 is 0. The first-order valence-corrected chi connectivity index (χ1v) is 7.88. The fraction of sp³-hybridized carbons (Fsp3) is 0.750. The maximum Gasteiger partial charge on any atom is 0.136 e. The van der Waals surface area contributed by atoms with Crippen LogP contribution in [-0.4, -0.2) is 16.5 Å². The second kappa shape index (κ2) is 6.42. The molecule has 0 radical (unpaired) electrons. The number of nitrogen functional groups attached to an aromatic ring is 1. The van der Waals surface area contributed by atoms with Crippen molar-refractivity contribution < 1.29 is 0 Å². The summed E-state index contributed by atoms with van der Waals surface area (Å²) in [5, 5.41) is 3.44. The molecule has 112 valence electrons. The van der Waals surface area contributed by atoms with E-state index < -0.39 is 0 Å². The molecular formula is C16H28N4. The second-order valence-electron chi connectivity index (χ2n) is 6.79. The lowest BCUT2D eigenvalue weighted by molar-refractivity contribution is 0.342. The Morgan fingerprint density at radius 1 is 1.30 bits per heavy atom. The lowest BCUT2D eigenvalue weighted by Crippen LogP contribution is -2.23. The zero-order chi connectivity index (χ0) is 14.6. The van der Waals surface area contributed by atoms with Gasteiger partial charge in [0.25, 0.3) is 0 Å². The van der Waals surface area contributed by atoms with Gasteiger partial charge in [-0.15, -0.1) is 0 Å². The molecule has 4 heteroatoms. The van der Waals surface area contributed by atoms with E-state index in [1.807, 2.05) is 6.07 Å². The summed E-state index contributed by atoms with van der Waals surface area (Å²) >= 11 is 0. The average molecular weight is 276 g/mol. The number of hydrogen-bond donors (Lipinski definition) is 2. The molecule has 1 aromatic rings. The minimum absolute atomic E-state index is 0.286. The van der Waals surface area contributed by atoms with Crippen molar-refractivity contribution in [3.63, 3.8) is 0 Å². The van der Waals surface area contributed by atoms with Gasteiger partial charge >= 0.3 is 0 Å². The number of unbranched alkanes of at least 4 members (excludes halogenated alkanes) is 2. The Kier molecular flexibility index (Phi) is 4.84. The molecule has 0 spiro atoms. The Labute approximate surface area is 122 Å². The van der Waals surface area contributed by atoms with Crippen LogP contribution >= 0.6 is 0 Å². The van der Waals surface area contributed by atoms with Crippen LogP contribution in [0.3, 0.4) is 0 Å². The highest BCUT2D eigenvalue weighted by atomic mass is 15.1. The summed E-state index contributed by atoms with van der Waals surface area (Å²) in [6, 6.07) is 1.84. The highest BCUT2D eigenvalue weighted by Crippen LogP contribution is 2.38. The van der Waals surface area contributed by atoms with Crippen LogP contribution in [0.5, 0.6) is 0 Å². The summed E-state index contributed by atoms with van der Waals surface area (Å²) in [5.41, 5.74) is 6.16. The van der Waals surface area contributed by atoms with Gasteiger partial charge in [-0.1, -0.05) is 40.0 Å². The van der Waals surface area contributed by atoms with Gasteiger partial charge in [-0.25, -0.2) is 9.97 Å². The minimum atomic E-state index is 0.286. The molecule has 0 aromatic carbocycles. The fourth-order valence-corrected chi connectivity index (χ4v) is 2.37. The number of aromatic nitrogens is 2. The van der Waals surface area contributed by atoms with Crippen molar-refractivity contribution in [3.8, 4) is 0 Å². The Morgan fingerprint density at radius 2 is 2.05 bits per heavy atom.